The van der Waals surface area contributed by atoms with Gasteiger partial charge in [-0.25, -0.2) is 0 Å². The summed E-state index contributed by atoms with van der Waals surface area (Å²) >= 11 is 0. The van der Waals surface area contributed by atoms with Crippen molar-refractivity contribution in [3.63, 3.8) is 0 Å². The van der Waals surface area contributed by atoms with Gasteiger partial charge in [0.05, 0.1) is 0 Å². The van der Waals surface area contributed by atoms with Gasteiger partial charge >= 0.3 is 0 Å². The van der Waals surface area contributed by atoms with Gasteiger partial charge in [0.2, 0.25) is 5.88 Å². The number of aromatic nitrogens is 6. The Morgan fingerprint density at radius 1 is 1.38 bits per heavy atom. The van der Waals surface area contributed by atoms with Crippen LogP contribution in [-0.2, 0) is 4.79 Å². The fourth-order valence-electron chi connectivity index (χ4n) is 2.97. The molecule has 0 aliphatic carbocycles. The minimum atomic E-state index is -0.0372. The largest absolute Gasteiger partial charge is 0.467 e. The van der Waals surface area contributed by atoms with E-state index >= 15 is 0 Å². The van der Waals surface area contributed by atoms with Crippen LogP contribution in [0.2, 0.25) is 0 Å². The quantitative estimate of drug-likeness (QED) is 0.754. The van der Waals surface area contributed by atoms with Gasteiger partial charge in [-0.2, -0.15) is 9.61 Å². The molecule has 0 radical (unpaired) electrons. The Morgan fingerprint density at radius 2 is 2.33 bits per heavy atom. The lowest BCUT2D eigenvalue weighted by Crippen LogP contribution is -2.41. The van der Waals surface area contributed by atoms with Gasteiger partial charge in [0.25, 0.3) is 5.91 Å². The number of hydrogen-bond acceptors (Lipinski definition) is 6. The standard InChI is InChI=1S/C15H17N7O2/c23-15(9-24-14-4-3-13-19-17-10-22(13)20-14)21-7-1-2-11(8-21)12-5-6-16-18-12/h3-6,10-11H,1-2,7-9H2,(H,16,18). The highest BCUT2D eigenvalue weighted by Crippen LogP contribution is 2.25. The Morgan fingerprint density at radius 3 is 3.21 bits per heavy atom. The van der Waals surface area contributed by atoms with Crippen molar-refractivity contribution in [2.24, 2.45) is 0 Å². The molecule has 1 N–H and O–H groups in total. The maximum atomic E-state index is 12.4. The van der Waals surface area contributed by atoms with Gasteiger partial charge in [-0.3, -0.25) is 9.89 Å². The van der Waals surface area contributed by atoms with Crippen LogP contribution in [0.4, 0.5) is 0 Å². The Bertz CT molecular complexity index is 829. The molecule has 4 heterocycles. The van der Waals surface area contributed by atoms with E-state index in [9.17, 15) is 4.79 Å². The van der Waals surface area contributed by atoms with E-state index in [-0.39, 0.29) is 12.5 Å². The summed E-state index contributed by atoms with van der Waals surface area (Å²) in [5.41, 5.74) is 1.71. The van der Waals surface area contributed by atoms with E-state index < -0.39 is 0 Å². The molecule has 3 aromatic rings. The molecule has 0 spiro atoms. The maximum absolute atomic E-state index is 12.4. The average Bonchev–Trinajstić information content (AvgIpc) is 3.30. The van der Waals surface area contributed by atoms with Crippen LogP contribution in [0.3, 0.4) is 0 Å². The number of carbonyl (C=O) groups is 1. The molecule has 3 aromatic heterocycles. The first kappa shape index (κ1) is 14.6. The topological polar surface area (TPSA) is 101 Å². The predicted octanol–water partition coefficient (Wildman–Crippen LogP) is 0.632. The molecule has 1 atom stereocenters. The van der Waals surface area contributed by atoms with E-state index in [1.54, 1.807) is 18.3 Å². The summed E-state index contributed by atoms with van der Waals surface area (Å²) in [7, 11) is 0. The molecule has 0 aromatic carbocycles. The Balaban J connectivity index is 1.36. The summed E-state index contributed by atoms with van der Waals surface area (Å²) in [6, 6.07) is 5.39. The molecule has 4 rings (SSSR count). The van der Waals surface area contributed by atoms with E-state index in [2.05, 4.69) is 25.5 Å². The second kappa shape index (κ2) is 6.26. The maximum Gasteiger partial charge on any atom is 0.260 e. The van der Waals surface area contributed by atoms with Crippen LogP contribution in [-0.4, -0.2) is 60.5 Å². The van der Waals surface area contributed by atoms with Gasteiger partial charge in [0.1, 0.15) is 6.33 Å². The molecule has 1 aliphatic rings. The fraction of sp³-hybridized carbons (Fsp3) is 0.400. The number of likely N-dealkylation sites (tertiary alicyclic amines) is 1. The fourth-order valence-corrected chi connectivity index (χ4v) is 2.97. The van der Waals surface area contributed by atoms with Crippen molar-refractivity contribution in [3.8, 4) is 5.88 Å². The van der Waals surface area contributed by atoms with Gasteiger partial charge in [-0.1, -0.05) is 0 Å². The second-order valence-corrected chi connectivity index (χ2v) is 5.78. The van der Waals surface area contributed by atoms with Crippen LogP contribution < -0.4 is 4.74 Å². The van der Waals surface area contributed by atoms with Crippen LogP contribution in [0.5, 0.6) is 5.88 Å². The molecule has 1 aliphatic heterocycles. The summed E-state index contributed by atoms with van der Waals surface area (Å²) in [5, 5.41) is 18.8. The first-order chi connectivity index (χ1) is 11.8. The van der Waals surface area contributed by atoms with Gasteiger partial charge in [-0.15, -0.1) is 15.3 Å². The number of amides is 1. The summed E-state index contributed by atoms with van der Waals surface area (Å²) < 4.78 is 7.03. The minimum Gasteiger partial charge on any atom is -0.467 e. The number of nitrogens with zero attached hydrogens (tertiary/aromatic N) is 6. The molecule has 124 valence electrons. The van der Waals surface area contributed by atoms with Crippen molar-refractivity contribution >= 4 is 11.6 Å². The average molecular weight is 327 g/mol. The third kappa shape index (κ3) is 2.92. The van der Waals surface area contributed by atoms with Crippen molar-refractivity contribution in [1.29, 1.82) is 0 Å². The lowest BCUT2D eigenvalue weighted by molar-refractivity contribution is -0.134. The first-order valence-electron chi connectivity index (χ1n) is 7.86. The third-order valence-corrected chi connectivity index (χ3v) is 4.22. The Labute approximate surface area is 137 Å². The number of carbonyl (C=O) groups excluding carboxylic acids is 1. The third-order valence-electron chi connectivity index (χ3n) is 4.22. The van der Waals surface area contributed by atoms with Gasteiger partial charge in [-0.05, 0) is 25.0 Å². The van der Waals surface area contributed by atoms with Crippen LogP contribution >= 0.6 is 0 Å². The minimum absolute atomic E-state index is 0.0314. The van der Waals surface area contributed by atoms with Gasteiger partial charge < -0.3 is 9.64 Å². The summed E-state index contributed by atoms with van der Waals surface area (Å²) in [6.07, 6.45) is 5.26. The zero-order chi connectivity index (χ0) is 16.4. The van der Waals surface area contributed by atoms with Crippen molar-refractivity contribution in [3.05, 3.63) is 36.4 Å². The first-order valence-corrected chi connectivity index (χ1v) is 7.86. The van der Waals surface area contributed by atoms with Crippen LogP contribution in [0.25, 0.3) is 5.65 Å². The highest BCUT2D eigenvalue weighted by Gasteiger charge is 2.25. The number of nitrogens with one attached hydrogen (secondary N) is 1. The Hall–Kier alpha value is -2.97. The molecule has 1 unspecified atom stereocenters. The molecule has 1 amide bonds. The number of rotatable bonds is 4. The zero-order valence-electron chi connectivity index (χ0n) is 13.0. The number of ether oxygens (including phenoxy) is 1. The van der Waals surface area contributed by atoms with Crippen LogP contribution in [0, 0.1) is 0 Å². The van der Waals surface area contributed by atoms with Crippen LogP contribution in [0.1, 0.15) is 24.5 Å². The number of piperidine rings is 1. The van der Waals surface area contributed by atoms with Gasteiger partial charge in [0.15, 0.2) is 12.3 Å². The summed E-state index contributed by atoms with van der Waals surface area (Å²) in [4.78, 5) is 14.3. The molecule has 1 fully saturated rings. The highest BCUT2D eigenvalue weighted by atomic mass is 16.5. The highest BCUT2D eigenvalue weighted by molar-refractivity contribution is 5.77. The van der Waals surface area contributed by atoms with E-state index in [1.807, 2.05) is 11.0 Å². The molecular weight excluding hydrogens is 310 g/mol. The van der Waals surface area contributed by atoms with Crippen molar-refractivity contribution in [2.45, 2.75) is 18.8 Å². The van der Waals surface area contributed by atoms with Crippen molar-refractivity contribution < 1.29 is 9.53 Å². The normalized spacial score (nSPS) is 18.0. The van der Waals surface area contributed by atoms with E-state index in [0.29, 0.717) is 24.0 Å². The molecule has 24 heavy (non-hydrogen) atoms. The molecule has 9 nitrogen and oxygen atoms in total. The number of H-pyrrole nitrogens is 1. The van der Waals surface area contributed by atoms with Crippen LogP contribution in [0.15, 0.2) is 30.7 Å². The van der Waals surface area contributed by atoms with Crippen molar-refractivity contribution in [1.82, 2.24) is 34.9 Å². The number of fused-ring (bicyclic) bond motifs is 1. The molecule has 0 bridgehead atoms. The molecule has 1 saturated heterocycles. The van der Waals surface area contributed by atoms with E-state index in [4.69, 9.17) is 4.74 Å². The number of aromatic amines is 1. The van der Waals surface area contributed by atoms with Crippen molar-refractivity contribution in [2.75, 3.05) is 19.7 Å². The smallest absolute Gasteiger partial charge is 0.260 e. The molecule has 0 saturated carbocycles. The second-order valence-electron chi connectivity index (χ2n) is 5.78. The van der Waals surface area contributed by atoms with Gasteiger partial charge in [0, 0.05) is 37.0 Å². The zero-order valence-corrected chi connectivity index (χ0v) is 13.0. The predicted molar refractivity (Wildman–Crippen MR) is 83.4 cm³/mol. The SMILES string of the molecule is O=C(COc1ccc2nncn2n1)N1CCCC(c2ccn[nH]2)C1. The monoisotopic (exact) mass is 327 g/mol. The molecule has 9 heteroatoms. The lowest BCUT2D eigenvalue weighted by Gasteiger charge is -2.32. The molecular formula is C15H17N7O2. The lowest BCUT2D eigenvalue weighted by atomic mass is 9.95. The number of hydrogen-bond donors (Lipinski definition) is 1. The van der Waals surface area contributed by atoms with E-state index in [1.165, 1.54) is 10.8 Å². The van der Waals surface area contributed by atoms with E-state index in [0.717, 1.165) is 25.1 Å². The summed E-state index contributed by atoms with van der Waals surface area (Å²) in [5.74, 6) is 0.638. The Kier molecular flexibility index (Phi) is 3.81. The summed E-state index contributed by atoms with van der Waals surface area (Å²) in [6.45, 7) is 1.41.